The van der Waals surface area contributed by atoms with Crippen LogP contribution in [-0.4, -0.2) is 44.9 Å². The van der Waals surface area contributed by atoms with Crippen molar-refractivity contribution in [2.75, 3.05) is 32.9 Å². The summed E-state index contributed by atoms with van der Waals surface area (Å²) in [6.07, 6.45) is 2.20. The van der Waals surface area contributed by atoms with Gasteiger partial charge in [0, 0.05) is 25.6 Å². The summed E-state index contributed by atoms with van der Waals surface area (Å²) in [5.41, 5.74) is 1.19. The highest BCUT2D eigenvalue weighted by atomic mass is 35.5. The van der Waals surface area contributed by atoms with Gasteiger partial charge < -0.3 is 20.1 Å². The van der Waals surface area contributed by atoms with Crippen molar-refractivity contribution in [1.82, 2.24) is 10.6 Å². The molecule has 2 aliphatic rings. The van der Waals surface area contributed by atoms with Crippen molar-refractivity contribution < 1.29 is 14.3 Å². The first-order valence-electron chi connectivity index (χ1n) is 8.10. The molecule has 2 aliphatic heterocycles. The molecule has 1 aromatic rings. The summed E-state index contributed by atoms with van der Waals surface area (Å²) < 4.78 is 11.3. The number of nitrogens with one attached hydrogen (secondary N) is 2. The Morgan fingerprint density at radius 1 is 1.26 bits per heavy atom. The van der Waals surface area contributed by atoms with Gasteiger partial charge in [0.15, 0.2) is 0 Å². The van der Waals surface area contributed by atoms with E-state index in [1.165, 1.54) is 5.56 Å². The second-order valence-corrected chi connectivity index (χ2v) is 5.93. The molecule has 0 saturated carbocycles. The maximum Gasteiger partial charge on any atom is 0.239 e. The van der Waals surface area contributed by atoms with Crippen LogP contribution in [0.5, 0.6) is 0 Å². The lowest BCUT2D eigenvalue weighted by atomic mass is 9.89. The zero-order valence-electron chi connectivity index (χ0n) is 13.2. The zero-order chi connectivity index (χ0) is 15.2. The van der Waals surface area contributed by atoms with Crippen LogP contribution >= 0.6 is 12.4 Å². The molecule has 2 saturated heterocycles. The summed E-state index contributed by atoms with van der Waals surface area (Å²) in [6, 6.07) is 10.0. The Labute approximate surface area is 143 Å². The average molecular weight is 341 g/mol. The van der Waals surface area contributed by atoms with Crippen LogP contribution in [0.25, 0.3) is 0 Å². The summed E-state index contributed by atoms with van der Waals surface area (Å²) in [6.45, 7) is 3.31. The predicted octanol–water partition coefficient (Wildman–Crippen LogP) is 1.68. The van der Waals surface area contributed by atoms with Crippen molar-refractivity contribution in [3.05, 3.63) is 35.9 Å². The monoisotopic (exact) mass is 340 g/mol. The lowest BCUT2D eigenvalue weighted by molar-refractivity contribution is -0.126. The van der Waals surface area contributed by atoms with E-state index in [0.717, 1.165) is 26.0 Å². The Bertz CT molecular complexity index is 480. The van der Waals surface area contributed by atoms with E-state index in [1.807, 2.05) is 18.2 Å². The highest BCUT2D eigenvalue weighted by Gasteiger charge is 2.29. The third kappa shape index (κ3) is 4.91. The molecule has 23 heavy (non-hydrogen) atoms. The van der Waals surface area contributed by atoms with Gasteiger partial charge in [-0.1, -0.05) is 30.3 Å². The fourth-order valence-corrected chi connectivity index (χ4v) is 3.15. The molecule has 0 aromatic heterocycles. The molecule has 0 bridgehead atoms. The van der Waals surface area contributed by atoms with Crippen LogP contribution < -0.4 is 10.6 Å². The van der Waals surface area contributed by atoms with E-state index < -0.39 is 0 Å². The first-order chi connectivity index (χ1) is 10.8. The molecule has 3 rings (SSSR count). The maximum absolute atomic E-state index is 12.2. The van der Waals surface area contributed by atoms with Crippen molar-refractivity contribution in [3.8, 4) is 0 Å². The largest absolute Gasteiger partial charge is 0.378 e. The van der Waals surface area contributed by atoms with Crippen LogP contribution in [0.1, 0.15) is 24.5 Å². The quantitative estimate of drug-likeness (QED) is 0.875. The molecule has 2 heterocycles. The van der Waals surface area contributed by atoms with Gasteiger partial charge in [-0.25, -0.2) is 0 Å². The standard InChI is InChI=1S/C17H24N2O3.ClH/c20-17(15-12-21-10-8-18-15)19-11-14-7-4-9-22-16(14)13-5-2-1-3-6-13;/h1-3,5-6,14-16,18H,4,7-12H2,(H,19,20);1H. The van der Waals surface area contributed by atoms with E-state index in [4.69, 9.17) is 9.47 Å². The van der Waals surface area contributed by atoms with E-state index in [-0.39, 0.29) is 30.5 Å². The first-order valence-corrected chi connectivity index (χ1v) is 8.10. The van der Waals surface area contributed by atoms with E-state index in [9.17, 15) is 4.79 Å². The van der Waals surface area contributed by atoms with Crippen LogP contribution in [0.15, 0.2) is 30.3 Å². The zero-order valence-corrected chi connectivity index (χ0v) is 14.0. The number of amides is 1. The normalized spacial score (nSPS) is 27.7. The number of halogens is 1. The molecule has 3 atom stereocenters. The highest BCUT2D eigenvalue weighted by molar-refractivity contribution is 5.85. The molecule has 6 heteroatoms. The Morgan fingerprint density at radius 2 is 2.09 bits per heavy atom. The minimum absolute atomic E-state index is 0. The van der Waals surface area contributed by atoms with Crippen LogP contribution in [0, 0.1) is 5.92 Å². The molecule has 0 spiro atoms. The van der Waals surface area contributed by atoms with Gasteiger partial charge >= 0.3 is 0 Å². The topological polar surface area (TPSA) is 59.6 Å². The van der Waals surface area contributed by atoms with Crippen LogP contribution in [0.4, 0.5) is 0 Å². The molecule has 1 aromatic carbocycles. The minimum atomic E-state index is -0.228. The lowest BCUT2D eigenvalue weighted by Crippen LogP contribution is -2.52. The molecule has 3 unspecified atom stereocenters. The number of ether oxygens (including phenoxy) is 2. The molecule has 0 aliphatic carbocycles. The summed E-state index contributed by atoms with van der Waals surface area (Å²) in [5, 5.41) is 6.24. The molecular weight excluding hydrogens is 316 g/mol. The smallest absolute Gasteiger partial charge is 0.239 e. The molecule has 5 nitrogen and oxygen atoms in total. The van der Waals surface area contributed by atoms with Crippen molar-refractivity contribution >= 4 is 18.3 Å². The minimum Gasteiger partial charge on any atom is -0.378 e. The Morgan fingerprint density at radius 3 is 2.83 bits per heavy atom. The van der Waals surface area contributed by atoms with Crippen molar-refractivity contribution in [2.24, 2.45) is 5.92 Å². The average Bonchev–Trinajstić information content (AvgIpc) is 2.61. The van der Waals surface area contributed by atoms with Gasteiger partial charge in [0.05, 0.1) is 19.3 Å². The third-order valence-corrected chi connectivity index (χ3v) is 4.35. The van der Waals surface area contributed by atoms with E-state index in [0.29, 0.717) is 25.7 Å². The highest BCUT2D eigenvalue weighted by Crippen LogP contribution is 2.33. The fraction of sp³-hybridized carbons (Fsp3) is 0.588. The van der Waals surface area contributed by atoms with E-state index >= 15 is 0 Å². The fourth-order valence-electron chi connectivity index (χ4n) is 3.15. The molecule has 0 radical (unpaired) electrons. The van der Waals surface area contributed by atoms with Crippen molar-refractivity contribution in [1.29, 1.82) is 0 Å². The maximum atomic E-state index is 12.2. The first kappa shape index (κ1) is 18.2. The SMILES string of the molecule is Cl.O=C(NCC1CCCOC1c1ccccc1)C1COCCN1. The number of carbonyl (C=O) groups excluding carboxylic acids is 1. The molecular formula is C17H25ClN2O3. The van der Waals surface area contributed by atoms with Gasteiger partial charge in [-0.15, -0.1) is 12.4 Å². The van der Waals surface area contributed by atoms with Crippen molar-refractivity contribution in [3.63, 3.8) is 0 Å². The summed E-state index contributed by atoms with van der Waals surface area (Å²) in [7, 11) is 0. The number of carbonyl (C=O) groups is 1. The molecule has 2 N–H and O–H groups in total. The number of rotatable bonds is 4. The van der Waals surface area contributed by atoms with Crippen LogP contribution in [-0.2, 0) is 14.3 Å². The second kappa shape index (κ2) is 9.23. The lowest BCUT2D eigenvalue weighted by Gasteiger charge is -2.33. The Kier molecular flexibility index (Phi) is 7.30. The van der Waals surface area contributed by atoms with Gasteiger partial charge in [-0.05, 0) is 18.4 Å². The van der Waals surface area contributed by atoms with E-state index in [1.54, 1.807) is 0 Å². The van der Waals surface area contributed by atoms with Gasteiger partial charge in [0.25, 0.3) is 0 Å². The van der Waals surface area contributed by atoms with Crippen molar-refractivity contribution in [2.45, 2.75) is 25.0 Å². The number of hydrogen-bond donors (Lipinski definition) is 2. The Balaban J connectivity index is 0.00000192. The summed E-state index contributed by atoms with van der Waals surface area (Å²) in [4.78, 5) is 12.2. The third-order valence-electron chi connectivity index (χ3n) is 4.35. The number of hydrogen-bond acceptors (Lipinski definition) is 4. The van der Waals surface area contributed by atoms with Gasteiger partial charge in [-0.2, -0.15) is 0 Å². The van der Waals surface area contributed by atoms with Crippen LogP contribution in [0.3, 0.4) is 0 Å². The van der Waals surface area contributed by atoms with Gasteiger partial charge in [0.1, 0.15) is 6.04 Å². The van der Waals surface area contributed by atoms with Gasteiger partial charge in [0.2, 0.25) is 5.91 Å². The number of morpholine rings is 1. The molecule has 2 fully saturated rings. The molecule has 1 amide bonds. The Hall–Kier alpha value is -1.14. The van der Waals surface area contributed by atoms with Crippen LogP contribution in [0.2, 0.25) is 0 Å². The van der Waals surface area contributed by atoms with Gasteiger partial charge in [-0.3, -0.25) is 4.79 Å². The number of benzene rings is 1. The predicted molar refractivity (Wildman–Crippen MR) is 90.7 cm³/mol. The summed E-state index contributed by atoms with van der Waals surface area (Å²) >= 11 is 0. The van der Waals surface area contributed by atoms with E-state index in [2.05, 4.69) is 22.8 Å². The second-order valence-electron chi connectivity index (χ2n) is 5.93. The summed E-state index contributed by atoms with van der Waals surface area (Å²) in [5.74, 6) is 0.349. The molecule has 128 valence electrons.